The van der Waals surface area contributed by atoms with E-state index in [-0.39, 0.29) is 40.3 Å². The van der Waals surface area contributed by atoms with Crippen LogP contribution < -0.4 is 0 Å². The number of aliphatic hydroxyl groups excluding tert-OH is 1. The Morgan fingerprint density at radius 3 is 2.41 bits per heavy atom. The average Bonchev–Trinajstić information content (AvgIpc) is 3.07. The standard InChI is InChI=1S/C30H44O4/c1-18(8-9-22(32)19(2)17-31)20-10-15-30(7)26-21(11-14-29(20,30)6)28(5)13-12-25(34)27(3,4)24(28)16-23(26)33/h18,20,24,31H,2,8-17H2,1,3-7H3/t18-,20-,24+,28-,29-,30+/m1/s1. The van der Waals surface area contributed by atoms with Crippen molar-refractivity contribution in [3.8, 4) is 0 Å². The van der Waals surface area contributed by atoms with Crippen molar-refractivity contribution in [3.05, 3.63) is 23.3 Å². The number of fused-ring (bicyclic) bond motifs is 4. The highest BCUT2D eigenvalue weighted by molar-refractivity contribution is 6.01. The Hall–Kier alpha value is -1.55. The second-order valence-electron chi connectivity index (χ2n) is 13.2. The normalized spacial score (nSPS) is 39.9. The van der Waals surface area contributed by atoms with Crippen LogP contribution in [0.5, 0.6) is 0 Å². The smallest absolute Gasteiger partial charge is 0.160 e. The zero-order valence-corrected chi connectivity index (χ0v) is 22.2. The molecule has 2 saturated carbocycles. The molecule has 188 valence electrons. The fraction of sp³-hybridized carbons (Fsp3) is 0.767. The number of hydrogen-bond donors (Lipinski definition) is 1. The lowest BCUT2D eigenvalue weighted by Crippen LogP contribution is -2.56. The Morgan fingerprint density at radius 1 is 1.09 bits per heavy atom. The van der Waals surface area contributed by atoms with E-state index in [0.29, 0.717) is 42.5 Å². The van der Waals surface area contributed by atoms with Gasteiger partial charge in [-0.3, -0.25) is 14.4 Å². The molecule has 0 spiro atoms. The van der Waals surface area contributed by atoms with Crippen LogP contribution >= 0.6 is 0 Å². The minimum absolute atomic E-state index is 0.0289. The molecule has 0 aromatic rings. The summed E-state index contributed by atoms with van der Waals surface area (Å²) in [5, 5.41) is 9.22. The highest BCUT2D eigenvalue weighted by Crippen LogP contribution is 2.71. The Bertz CT molecular complexity index is 970. The highest BCUT2D eigenvalue weighted by Gasteiger charge is 2.65. The first-order valence-electron chi connectivity index (χ1n) is 13.4. The summed E-state index contributed by atoms with van der Waals surface area (Å²) in [5.41, 5.74) is 2.16. The lowest BCUT2D eigenvalue weighted by Gasteiger charge is -2.60. The summed E-state index contributed by atoms with van der Waals surface area (Å²) in [6.07, 6.45) is 7.33. The molecule has 0 aliphatic heterocycles. The molecule has 4 aliphatic carbocycles. The van der Waals surface area contributed by atoms with E-state index in [1.165, 1.54) is 5.57 Å². The van der Waals surface area contributed by atoms with Gasteiger partial charge in [-0.2, -0.15) is 0 Å². The molecule has 2 fully saturated rings. The van der Waals surface area contributed by atoms with Gasteiger partial charge < -0.3 is 5.11 Å². The van der Waals surface area contributed by atoms with Crippen LogP contribution in [0.1, 0.15) is 99.3 Å². The zero-order valence-electron chi connectivity index (χ0n) is 22.2. The molecular formula is C30H44O4. The number of aliphatic hydroxyl groups is 1. The number of rotatable bonds is 6. The number of hydrogen-bond acceptors (Lipinski definition) is 4. The lowest BCUT2D eigenvalue weighted by atomic mass is 9.43. The van der Waals surface area contributed by atoms with E-state index in [2.05, 4.69) is 48.1 Å². The first kappa shape index (κ1) is 25.5. The van der Waals surface area contributed by atoms with Gasteiger partial charge in [0.05, 0.1) is 6.61 Å². The van der Waals surface area contributed by atoms with Gasteiger partial charge in [-0.1, -0.05) is 53.7 Å². The van der Waals surface area contributed by atoms with Crippen LogP contribution in [0.2, 0.25) is 0 Å². The van der Waals surface area contributed by atoms with Gasteiger partial charge in [-0.15, -0.1) is 0 Å². The summed E-state index contributed by atoms with van der Waals surface area (Å²) in [4.78, 5) is 38.9. The minimum Gasteiger partial charge on any atom is -0.392 e. The molecular weight excluding hydrogens is 424 g/mol. The van der Waals surface area contributed by atoms with Crippen LogP contribution in [0.4, 0.5) is 0 Å². The van der Waals surface area contributed by atoms with E-state index in [4.69, 9.17) is 0 Å². The Morgan fingerprint density at radius 2 is 1.76 bits per heavy atom. The quantitative estimate of drug-likeness (QED) is 0.484. The minimum atomic E-state index is -0.444. The van der Waals surface area contributed by atoms with E-state index < -0.39 is 5.41 Å². The van der Waals surface area contributed by atoms with Crippen molar-refractivity contribution in [2.75, 3.05) is 6.61 Å². The molecule has 0 bridgehead atoms. The van der Waals surface area contributed by atoms with Gasteiger partial charge in [-0.25, -0.2) is 0 Å². The van der Waals surface area contributed by atoms with E-state index >= 15 is 0 Å². The summed E-state index contributed by atoms with van der Waals surface area (Å²) in [6, 6.07) is 0. The largest absolute Gasteiger partial charge is 0.392 e. The van der Waals surface area contributed by atoms with E-state index in [1.807, 2.05) is 0 Å². The summed E-state index contributed by atoms with van der Waals surface area (Å²) in [7, 11) is 0. The van der Waals surface area contributed by atoms with Gasteiger partial charge in [0.25, 0.3) is 0 Å². The topological polar surface area (TPSA) is 71.4 Å². The summed E-state index contributed by atoms with van der Waals surface area (Å²) in [6.45, 7) is 16.9. The number of carbonyl (C=O) groups is 3. The first-order chi connectivity index (χ1) is 15.7. The summed E-state index contributed by atoms with van der Waals surface area (Å²) in [5.74, 6) is 1.50. The molecule has 6 atom stereocenters. The van der Waals surface area contributed by atoms with Crippen molar-refractivity contribution in [2.45, 2.75) is 99.3 Å². The number of ketones is 3. The van der Waals surface area contributed by atoms with E-state index in [9.17, 15) is 19.5 Å². The first-order valence-corrected chi connectivity index (χ1v) is 13.4. The molecule has 0 radical (unpaired) electrons. The molecule has 0 aromatic carbocycles. The van der Waals surface area contributed by atoms with Gasteiger partial charge in [0, 0.05) is 41.2 Å². The monoisotopic (exact) mass is 468 g/mol. The molecule has 0 unspecified atom stereocenters. The number of Topliss-reactive ketones (excluding diaryl/α,β-unsaturated/α-hetero) is 3. The molecule has 1 N–H and O–H groups in total. The van der Waals surface area contributed by atoms with Gasteiger partial charge in [0.15, 0.2) is 11.6 Å². The van der Waals surface area contributed by atoms with Crippen LogP contribution in [0.3, 0.4) is 0 Å². The molecule has 4 heteroatoms. The van der Waals surface area contributed by atoms with Crippen LogP contribution in [0.15, 0.2) is 23.3 Å². The Labute approximate surface area is 205 Å². The molecule has 0 saturated heterocycles. The fourth-order valence-electron chi connectivity index (χ4n) is 8.95. The zero-order chi connectivity index (χ0) is 25.3. The fourth-order valence-corrected chi connectivity index (χ4v) is 8.95. The van der Waals surface area contributed by atoms with Gasteiger partial charge in [0.1, 0.15) is 5.78 Å². The second kappa shape index (κ2) is 8.25. The third-order valence-corrected chi connectivity index (χ3v) is 11.5. The van der Waals surface area contributed by atoms with Crippen LogP contribution in [-0.4, -0.2) is 29.1 Å². The maximum Gasteiger partial charge on any atom is 0.160 e. The predicted molar refractivity (Wildman–Crippen MR) is 134 cm³/mol. The van der Waals surface area contributed by atoms with E-state index in [1.54, 1.807) is 0 Å². The lowest BCUT2D eigenvalue weighted by molar-refractivity contribution is -0.142. The third kappa shape index (κ3) is 3.38. The van der Waals surface area contributed by atoms with Crippen molar-refractivity contribution < 1.29 is 19.5 Å². The van der Waals surface area contributed by atoms with Crippen molar-refractivity contribution in [1.29, 1.82) is 0 Å². The van der Waals surface area contributed by atoms with Gasteiger partial charge >= 0.3 is 0 Å². The summed E-state index contributed by atoms with van der Waals surface area (Å²) < 4.78 is 0. The van der Waals surface area contributed by atoms with Gasteiger partial charge in [-0.05, 0) is 67.1 Å². The molecule has 0 aromatic heterocycles. The maximum absolute atomic E-state index is 13.9. The number of allylic oxidation sites excluding steroid dienone is 2. The van der Waals surface area contributed by atoms with Crippen molar-refractivity contribution >= 4 is 17.3 Å². The highest BCUT2D eigenvalue weighted by atomic mass is 16.3. The SMILES string of the molecule is C=C(CO)C(=O)CC[C@@H](C)[C@H]1CC[C@@]2(C)C3=C(CC[C@]12C)[C@@]1(C)CCC(=O)C(C)(C)[C@@H]1CC3=O. The van der Waals surface area contributed by atoms with Crippen LogP contribution in [-0.2, 0) is 14.4 Å². The van der Waals surface area contributed by atoms with Crippen LogP contribution in [0, 0.1) is 39.4 Å². The average molecular weight is 469 g/mol. The van der Waals surface area contributed by atoms with Crippen molar-refractivity contribution in [3.63, 3.8) is 0 Å². The Kier molecular flexibility index (Phi) is 6.20. The predicted octanol–water partition coefficient (Wildman–Crippen LogP) is 6.02. The molecule has 34 heavy (non-hydrogen) atoms. The van der Waals surface area contributed by atoms with Crippen molar-refractivity contribution in [2.24, 2.45) is 39.4 Å². The molecule has 4 aliphatic rings. The Balaban J connectivity index is 1.66. The third-order valence-electron chi connectivity index (χ3n) is 11.5. The van der Waals surface area contributed by atoms with E-state index in [0.717, 1.165) is 44.1 Å². The molecule has 4 nitrogen and oxygen atoms in total. The van der Waals surface area contributed by atoms with Crippen LogP contribution in [0.25, 0.3) is 0 Å². The number of carbonyl (C=O) groups excluding carboxylic acids is 3. The summed E-state index contributed by atoms with van der Waals surface area (Å²) >= 11 is 0. The van der Waals surface area contributed by atoms with Crippen molar-refractivity contribution in [1.82, 2.24) is 0 Å². The maximum atomic E-state index is 13.9. The second-order valence-corrected chi connectivity index (χ2v) is 13.2. The molecule has 4 rings (SSSR count). The molecule has 0 amide bonds. The molecule has 0 heterocycles. The van der Waals surface area contributed by atoms with Gasteiger partial charge in [0.2, 0.25) is 0 Å².